The molecule has 51 heavy (non-hydrogen) atoms. The summed E-state index contributed by atoms with van der Waals surface area (Å²) in [5.41, 5.74) is 6.66. The van der Waals surface area contributed by atoms with Gasteiger partial charge < -0.3 is 13.7 Å². The Labute approximate surface area is 311 Å². The van der Waals surface area contributed by atoms with Gasteiger partial charge in [-0.2, -0.15) is 0 Å². The van der Waals surface area contributed by atoms with Crippen LogP contribution in [0, 0.1) is 0 Å². The molecule has 0 fully saturated rings. The molecule has 0 atom stereocenters. The summed E-state index contributed by atoms with van der Waals surface area (Å²) in [7, 11) is 0. The van der Waals surface area contributed by atoms with Gasteiger partial charge in [0.2, 0.25) is 0 Å². The molecule has 3 heteroatoms. The molecule has 238 valence electrons. The lowest BCUT2D eigenvalue weighted by Crippen LogP contribution is -1.99. The van der Waals surface area contributed by atoms with Gasteiger partial charge in [0.25, 0.3) is 0 Å². The molecular formula is C48H31N3. The lowest BCUT2D eigenvalue weighted by Gasteiger charge is -2.16. The van der Waals surface area contributed by atoms with Crippen LogP contribution in [-0.4, -0.2) is 13.7 Å². The number of nitrogens with zero attached hydrogens (tertiary/aromatic N) is 3. The van der Waals surface area contributed by atoms with E-state index in [1.807, 2.05) is 114 Å². The van der Waals surface area contributed by atoms with Gasteiger partial charge >= 0.3 is 0 Å². The fraction of sp³-hybridized carbons (Fsp3) is 0. The maximum atomic E-state index is 9.02. The maximum absolute atomic E-state index is 9.02. The summed E-state index contributed by atoms with van der Waals surface area (Å²) in [5.74, 6) is 0. The molecule has 3 aromatic heterocycles. The van der Waals surface area contributed by atoms with Crippen LogP contribution in [0.4, 0.5) is 0 Å². The Balaban J connectivity index is 1.16. The van der Waals surface area contributed by atoms with Crippen molar-refractivity contribution in [2.75, 3.05) is 0 Å². The highest BCUT2D eigenvalue weighted by Gasteiger charge is 2.19. The Kier molecular flexibility index (Phi) is 3.99. The minimum atomic E-state index is -0.496. The zero-order valence-electron chi connectivity index (χ0n) is 38.8. The molecule has 0 aliphatic rings. The van der Waals surface area contributed by atoms with Gasteiger partial charge in [-0.1, -0.05) is 121 Å². The van der Waals surface area contributed by atoms with Crippen molar-refractivity contribution >= 4 is 65.4 Å². The number of benzene rings is 8. The first-order chi connectivity index (χ1) is 30.3. The predicted octanol–water partition coefficient (Wildman–Crippen LogP) is 12.6. The second-order valence-corrected chi connectivity index (χ2v) is 12.5. The average Bonchev–Trinajstić information content (AvgIpc) is 3.96. The van der Waals surface area contributed by atoms with Gasteiger partial charge in [0.15, 0.2) is 0 Å². The van der Waals surface area contributed by atoms with E-state index in [4.69, 9.17) is 16.4 Å². The van der Waals surface area contributed by atoms with E-state index in [1.165, 1.54) is 4.57 Å². The summed E-state index contributed by atoms with van der Waals surface area (Å²) >= 11 is 0. The molecule has 3 nitrogen and oxygen atoms in total. The van der Waals surface area contributed by atoms with Gasteiger partial charge in [-0.25, -0.2) is 0 Å². The number of fused-ring (bicyclic) bond motifs is 9. The predicted molar refractivity (Wildman–Crippen MR) is 215 cm³/mol. The molecule has 11 aromatic rings. The SMILES string of the molecule is [2H]c1c([2H])c([2H])c2c(c1[2H])c1ccccc1n2-c1cccc(-c2ccccc2-n2c3ccccc3c3cc(-n4c5c([2H])c([2H])c([2H])c([2H])c5c5c([2H])c([2H])c([2H])c([2H])c54)ccc32)c1. The molecule has 11 rings (SSSR count). The number of para-hydroxylation sites is 6. The first-order valence-electron chi connectivity index (χ1n) is 22.6. The van der Waals surface area contributed by atoms with Crippen molar-refractivity contribution in [3.05, 3.63) is 188 Å². The van der Waals surface area contributed by atoms with Crippen LogP contribution >= 0.6 is 0 Å². The van der Waals surface area contributed by atoms with Crippen molar-refractivity contribution in [2.45, 2.75) is 0 Å². The van der Waals surface area contributed by atoms with Crippen LogP contribution in [0.5, 0.6) is 0 Å². The van der Waals surface area contributed by atoms with Gasteiger partial charge in [-0.15, -0.1) is 0 Å². The quantitative estimate of drug-likeness (QED) is 0.178. The molecule has 0 bridgehead atoms. The largest absolute Gasteiger partial charge is 0.309 e. The van der Waals surface area contributed by atoms with E-state index in [1.54, 1.807) is 6.07 Å². The van der Waals surface area contributed by atoms with E-state index in [0.717, 1.165) is 49.5 Å². The highest BCUT2D eigenvalue weighted by Crippen LogP contribution is 2.40. The first-order valence-corrected chi connectivity index (χ1v) is 16.6. The van der Waals surface area contributed by atoms with E-state index in [2.05, 4.69) is 4.57 Å². The van der Waals surface area contributed by atoms with Gasteiger partial charge in [-0.05, 0) is 72.2 Å². The van der Waals surface area contributed by atoms with Crippen molar-refractivity contribution in [3.8, 4) is 28.2 Å². The van der Waals surface area contributed by atoms with Crippen LogP contribution in [0.25, 0.3) is 93.6 Å². The molecule has 0 aliphatic carbocycles. The lowest BCUT2D eigenvalue weighted by molar-refractivity contribution is 1.16. The molecule has 0 radical (unpaired) electrons. The fourth-order valence-electron chi connectivity index (χ4n) is 7.70. The molecule has 8 aromatic carbocycles. The van der Waals surface area contributed by atoms with Crippen molar-refractivity contribution in [1.29, 1.82) is 0 Å². The summed E-state index contributed by atoms with van der Waals surface area (Å²) in [6, 6.07) is 32.6. The molecular weight excluding hydrogens is 619 g/mol. The second kappa shape index (κ2) is 10.8. The van der Waals surface area contributed by atoms with E-state index in [9.17, 15) is 0 Å². The Morgan fingerprint density at radius 2 is 0.843 bits per heavy atom. The van der Waals surface area contributed by atoms with E-state index in [0.29, 0.717) is 22.3 Å². The number of aromatic nitrogens is 3. The summed E-state index contributed by atoms with van der Waals surface area (Å²) in [6.45, 7) is 0. The van der Waals surface area contributed by atoms with E-state index < -0.39 is 24.2 Å². The van der Waals surface area contributed by atoms with Crippen molar-refractivity contribution in [1.82, 2.24) is 13.7 Å². The third-order valence-electron chi connectivity index (χ3n) is 9.81. The highest BCUT2D eigenvalue weighted by atomic mass is 15.0. The van der Waals surface area contributed by atoms with Crippen LogP contribution in [-0.2, 0) is 0 Å². The third-order valence-corrected chi connectivity index (χ3v) is 9.81. The Morgan fingerprint density at radius 1 is 0.333 bits per heavy atom. The zero-order chi connectivity index (χ0) is 43.9. The highest BCUT2D eigenvalue weighted by molar-refractivity contribution is 6.13. The van der Waals surface area contributed by atoms with Crippen LogP contribution < -0.4 is 0 Å². The monoisotopic (exact) mass is 661 g/mol. The van der Waals surface area contributed by atoms with Crippen LogP contribution in [0.15, 0.2) is 188 Å². The molecule has 0 N–H and O–H groups in total. The third kappa shape index (κ3) is 4.06. The molecule has 0 unspecified atom stereocenters. The van der Waals surface area contributed by atoms with Gasteiger partial charge in [0.1, 0.15) is 0 Å². The number of hydrogen-bond donors (Lipinski definition) is 0. The topological polar surface area (TPSA) is 14.8 Å². The summed E-state index contributed by atoms with van der Waals surface area (Å²) < 4.78 is 110. The normalized spacial score (nSPS) is 15.2. The van der Waals surface area contributed by atoms with Crippen molar-refractivity contribution in [2.24, 2.45) is 0 Å². The Hall–Kier alpha value is -6.84. The molecule has 0 amide bonds. The standard InChI is InChI=1S/C48H31N3/c1-7-22-42(35(16-1)32-14-13-15-33(30-32)49-43-23-8-2-17-36(43)37-18-3-9-24-44(37)49)51-47-27-12-6-21-40(47)41-31-34(28-29-48(41)51)50-45-25-10-4-19-38(45)39-20-5-11-26-46(39)50/h1-31H/i2D,4D,5D,8D,10D,11D,17D,19D,20D,23D,25D,26D. The van der Waals surface area contributed by atoms with Crippen molar-refractivity contribution < 1.29 is 16.4 Å². The van der Waals surface area contributed by atoms with Gasteiger partial charge in [0.05, 0.1) is 55.2 Å². The Bertz CT molecular complexity index is 3770. The summed E-state index contributed by atoms with van der Waals surface area (Å²) in [6.07, 6.45) is 0. The zero-order valence-corrected chi connectivity index (χ0v) is 26.8. The summed E-state index contributed by atoms with van der Waals surface area (Å²) in [5, 5.41) is 2.88. The number of hydrogen-bond acceptors (Lipinski definition) is 0. The van der Waals surface area contributed by atoms with E-state index >= 15 is 0 Å². The molecule has 0 spiro atoms. The van der Waals surface area contributed by atoms with E-state index in [-0.39, 0.29) is 70.1 Å². The minimum Gasteiger partial charge on any atom is -0.309 e. The minimum absolute atomic E-state index is 0.0166. The second-order valence-electron chi connectivity index (χ2n) is 12.5. The van der Waals surface area contributed by atoms with Gasteiger partial charge in [-0.3, -0.25) is 0 Å². The van der Waals surface area contributed by atoms with Gasteiger partial charge in [0, 0.05) is 49.3 Å². The summed E-state index contributed by atoms with van der Waals surface area (Å²) in [4.78, 5) is 0. The van der Waals surface area contributed by atoms with Crippen LogP contribution in [0.2, 0.25) is 0 Å². The van der Waals surface area contributed by atoms with Crippen LogP contribution in [0.1, 0.15) is 16.4 Å². The molecule has 0 saturated carbocycles. The molecule has 3 heterocycles. The average molecular weight is 662 g/mol. The maximum Gasteiger partial charge on any atom is 0.0645 e. The molecule has 0 saturated heterocycles. The van der Waals surface area contributed by atoms with Crippen LogP contribution in [0.3, 0.4) is 0 Å². The fourth-order valence-corrected chi connectivity index (χ4v) is 7.70. The Morgan fingerprint density at radius 3 is 1.55 bits per heavy atom. The van der Waals surface area contributed by atoms with Crippen molar-refractivity contribution in [3.63, 3.8) is 0 Å². The lowest BCUT2D eigenvalue weighted by atomic mass is 10.0. The first kappa shape index (κ1) is 18.8. The number of rotatable bonds is 4. The smallest absolute Gasteiger partial charge is 0.0645 e. The molecule has 0 aliphatic heterocycles.